The molecule has 20 heavy (non-hydrogen) atoms. The van der Waals surface area contributed by atoms with Crippen LogP contribution >= 0.6 is 0 Å². The molecule has 0 amide bonds. The third kappa shape index (κ3) is 4.00. The highest BCUT2D eigenvalue weighted by molar-refractivity contribution is 5.39. The van der Waals surface area contributed by atoms with Crippen LogP contribution in [0, 0.1) is 16.0 Å². The second kappa shape index (κ2) is 6.78. The lowest BCUT2D eigenvalue weighted by atomic mass is 10.1. The number of nitro benzene ring substituents is 1. The van der Waals surface area contributed by atoms with Crippen molar-refractivity contribution in [1.82, 2.24) is 5.32 Å². The van der Waals surface area contributed by atoms with Gasteiger partial charge in [-0.3, -0.25) is 10.1 Å². The Morgan fingerprint density at radius 3 is 2.70 bits per heavy atom. The highest BCUT2D eigenvalue weighted by Crippen LogP contribution is 2.23. The van der Waals surface area contributed by atoms with Gasteiger partial charge in [0.2, 0.25) is 0 Å². The van der Waals surface area contributed by atoms with Gasteiger partial charge in [-0.2, -0.15) is 0 Å². The molecule has 0 saturated carbocycles. The molecule has 1 aromatic rings. The number of hydrogen-bond acceptors (Lipinski definition) is 5. The number of nitro groups is 1. The topological polar surface area (TPSA) is 73.6 Å². The quantitative estimate of drug-likeness (QED) is 0.661. The van der Waals surface area contributed by atoms with Crippen molar-refractivity contribution in [3.05, 3.63) is 39.4 Å². The van der Waals surface area contributed by atoms with Gasteiger partial charge in [-0.1, -0.05) is 13.8 Å². The largest absolute Gasteiger partial charge is 0.347 e. The molecule has 0 unspecified atom stereocenters. The number of hydrogen-bond donors (Lipinski definition) is 1. The second-order valence-electron chi connectivity index (χ2n) is 5.31. The average molecular weight is 280 g/mol. The van der Waals surface area contributed by atoms with Crippen LogP contribution in [0.3, 0.4) is 0 Å². The number of ether oxygens (including phenoxy) is 2. The highest BCUT2D eigenvalue weighted by atomic mass is 16.7. The lowest BCUT2D eigenvalue weighted by Crippen LogP contribution is -2.32. The Balaban J connectivity index is 1.94. The van der Waals surface area contributed by atoms with Crippen molar-refractivity contribution in [2.45, 2.75) is 33.4 Å². The van der Waals surface area contributed by atoms with Crippen molar-refractivity contribution in [3.63, 3.8) is 0 Å². The van der Waals surface area contributed by atoms with E-state index in [0.717, 1.165) is 17.7 Å². The van der Waals surface area contributed by atoms with Gasteiger partial charge in [0.15, 0.2) is 6.29 Å². The molecule has 1 N–H and O–H groups in total. The number of rotatable bonds is 5. The summed E-state index contributed by atoms with van der Waals surface area (Å²) in [5.41, 5.74) is 1.86. The third-order valence-corrected chi connectivity index (χ3v) is 3.11. The monoisotopic (exact) mass is 280 g/mol. The summed E-state index contributed by atoms with van der Waals surface area (Å²) in [4.78, 5) is 10.4. The van der Waals surface area contributed by atoms with Crippen molar-refractivity contribution in [1.29, 1.82) is 0 Å². The van der Waals surface area contributed by atoms with Gasteiger partial charge in [-0.15, -0.1) is 0 Å². The third-order valence-electron chi connectivity index (χ3n) is 3.11. The van der Waals surface area contributed by atoms with E-state index in [9.17, 15) is 10.1 Å². The molecule has 1 aromatic carbocycles. The molecule has 1 heterocycles. The Morgan fingerprint density at radius 2 is 2.05 bits per heavy atom. The first-order valence-electron chi connectivity index (χ1n) is 6.76. The zero-order valence-corrected chi connectivity index (χ0v) is 11.8. The number of non-ortho nitro benzene ring substituents is 1. The van der Waals surface area contributed by atoms with Crippen LogP contribution in [0.15, 0.2) is 18.2 Å². The smallest absolute Gasteiger partial charge is 0.269 e. The molecule has 6 heteroatoms. The lowest BCUT2D eigenvalue weighted by Gasteiger charge is -2.16. The summed E-state index contributed by atoms with van der Waals surface area (Å²) >= 11 is 0. The number of benzene rings is 1. The van der Waals surface area contributed by atoms with Gasteiger partial charge in [0.05, 0.1) is 18.1 Å². The summed E-state index contributed by atoms with van der Waals surface area (Å²) in [5.74, 6) is 0.570. The van der Waals surface area contributed by atoms with Gasteiger partial charge in [0.25, 0.3) is 5.69 Å². The summed E-state index contributed by atoms with van der Waals surface area (Å²) in [6.45, 7) is 6.55. The van der Waals surface area contributed by atoms with Gasteiger partial charge < -0.3 is 14.8 Å². The maximum atomic E-state index is 10.8. The fourth-order valence-corrected chi connectivity index (χ4v) is 2.02. The van der Waals surface area contributed by atoms with Crippen LogP contribution in [0.25, 0.3) is 0 Å². The Hall–Kier alpha value is -1.50. The molecule has 0 aliphatic carbocycles. The SMILES string of the molecule is CC(C)CNC[C@H]1OCc2ccc([N+](=O)[O-])cc2CO1. The van der Waals surface area contributed by atoms with E-state index < -0.39 is 4.92 Å². The van der Waals surface area contributed by atoms with Crippen LogP contribution in [0.2, 0.25) is 0 Å². The predicted octanol–water partition coefficient (Wildman–Crippen LogP) is 2.21. The summed E-state index contributed by atoms with van der Waals surface area (Å²) in [6.07, 6.45) is -0.319. The summed E-state index contributed by atoms with van der Waals surface area (Å²) in [7, 11) is 0. The molecule has 0 bridgehead atoms. The Kier molecular flexibility index (Phi) is 5.05. The number of nitrogens with zero attached hydrogens (tertiary/aromatic N) is 1. The van der Waals surface area contributed by atoms with E-state index in [1.54, 1.807) is 12.1 Å². The van der Waals surface area contributed by atoms with Gasteiger partial charge in [-0.05, 0) is 29.7 Å². The number of fused-ring (bicyclic) bond motifs is 1. The molecule has 0 fully saturated rings. The summed E-state index contributed by atoms with van der Waals surface area (Å²) < 4.78 is 11.3. The lowest BCUT2D eigenvalue weighted by molar-refractivity contribution is -0.385. The molecule has 1 atom stereocenters. The van der Waals surface area contributed by atoms with Gasteiger partial charge in [0.1, 0.15) is 0 Å². The molecule has 1 aliphatic heterocycles. The minimum atomic E-state index is -0.395. The molecule has 1 aliphatic rings. The standard InChI is InChI=1S/C14H20N2O4/c1-10(2)6-15-7-14-19-8-11-3-4-13(16(17)18)5-12(11)9-20-14/h3-5,10,14-15H,6-9H2,1-2H3/t14-/m0/s1. The highest BCUT2D eigenvalue weighted by Gasteiger charge is 2.19. The molecule has 0 aromatic heterocycles. The molecule has 110 valence electrons. The van der Waals surface area contributed by atoms with Crippen LogP contribution in [0.5, 0.6) is 0 Å². The Bertz CT molecular complexity index is 476. The van der Waals surface area contributed by atoms with Crippen LogP contribution in [-0.2, 0) is 22.7 Å². The molecular weight excluding hydrogens is 260 g/mol. The minimum Gasteiger partial charge on any atom is -0.347 e. The molecule has 0 radical (unpaired) electrons. The van der Waals surface area contributed by atoms with E-state index in [1.165, 1.54) is 6.07 Å². The second-order valence-corrected chi connectivity index (χ2v) is 5.31. The summed E-state index contributed by atoms with van der Waals surface area (Å²) in [5, 5.41) is 14.0. The van der Waals surface area contributed by atoms with E-state index in [-0.39, 0.29) is 12.0 Å². The normalized spacial score (nSPS) is 18.6. The van der Waals surface area contributed by atoms with Gasteiger partial charge in [0, 0.05) is 18.7 Å². The van der Waals surface area contributed by atoms with Crippen LogP contribution < -0.4 is 5.32 Å². The molecule has 0 spiro atoms. The predicted molar refractivity (Wildman–Crippen MR) is 74.2 cm³/mol. The molecule has 6 nitrogen and oxygen atoms in total. The number of nitrogens with one attached hydrogen (secondary N) is 1. The van der Waals surface area contributed by atoms with Crippen LogP contribution in [-0.4, -0.2) is 24.3 Å². The summed E-state index contributed by atoms with van der Waals surface area (Å²) in [6, 6.07) is 4.79. The van der Waals surface area contributed by atoms with Gasteiger partial charge >= 0.3 is 0 Å². The van der Waals surface area contributed by atoms with E-state index >= 15 is 0 Å². The van der Waals surface area contributed by atoms with Crippen molar-refractivity contribution in [2.24, 2.45) is 5.92 Å². The fraction of sp³-hybridized carbons (Fsp3) is 0.571. The maximum Gasteiger partial charge on any atom is 0.269 e. The maximum absolute atomic E-state index is 10.8. The van der Waals surface area contributed by atoms with Crippen LogP contribution in [0.4, 0.5) is 5.69 Å². The Morgan fingerprint density at radius 1 is 1.35 bits per heavy atom. The fourth-order valence-electron chi connectivity index (χ4n) is 2.02. The van der Waals surface area contributed by atoms with E-state index in [1.807, 2.05) is 0 Å². The zero-order chi connectivity index (χ0) is 14.5. The van der Waals surface area contributed by atoms with Gasteiger partial charge in [-0.25, -0.2) is 0 Å². The zero-order valence-electron chi connectivity index (χ0n) is 11.8. The van der Waals surface area contributed by atoms with Crippen molar-refractivity contribution < 1.29 is 14.4 Å². The van der Waals surface area contributed by atoms with Crippen LogP contribution in [0.1, 0.15) is 25.0 Å². The van der Waals surface area contributed by atoms with E-state index in [0.29, 0.717) is 25.7 Å². The first-order chi connectivity index (χ1) is 9.56. The molecular formula is C14H20N2O4. The molecule has 2 rings (SSSR count). The van der Waals surface area contributed by atoms with Crippen molar-refractivity contribution in [2.75, 3.05) is 13.1 Å². The first kappa shape index (κ1) is 14.9. The van der Waals surface area contributed by atoms with E-state index in [4.69, 9.17) is 9.47 Å². The first-order valence-corrected chi connectivity index (χ1v) is 6.76. The average Bonchev–Trinajstić information content (AvgIpc) is 2.60. The molecule has 0 saturated heterocycles. The minimum absolute atomic E-state index is 0.0868. The van der Waals surface area contributed by atoms with E-state index in [2.05, 4.69) is 19.2 Å². The van der Waals surface area contributed by atoms with Crippen molar-refractivity contribution in [3.8, 4) is 0 Å². The Labute approximate surface area is 118 Å². The van der Waals surface area contributed by atoms with Crippen molar-refractivity contribution >= 4 is 5.69 Å².